The molecule has 2 N–H and O–H groups in total. The highest BCUT2D eigenvalue weighted by Crippen LogP contribution is 2.21. The molecule has 1 aromatic heterocycles. The van der Waals surface area contributed by atoms with Gasteiger partial charge in [0.05, 0.1) is 22.8 Å². The first kappa shape index (κ1) is 18.8. The third-order valence-electron chi connectivity index (χ3n) is 4.54. The monoisotopic (exact) mass is 392 g/mol. The molecule has 0 aliphatic rings. The molecule has 0 radical (unpaired) electrons. The minimum Gasteiger partial charge on any atom is -0.322 e. The van der Waals surface area contributed by atoms with E-state index in [1.807, 2.05) is 30.3 Å². The molecule has 4 aromatic rings. The fraction of sp³-hybridized carbons (Fsp3) is 0. The molecule has 0 aliphatic heterocycles. The van der Waals surface area contributed by atoms with Crippen LogP contribution in [0.25, 0.3) is 10.9 Å². The Kier molecular flexibility index (Phi) is 5.18. The standard InChI is InChI=1S/C24H16N4O2/c25-15-16-9-11-20(12-10-16)27-23(29)18-5-1-6-19(14-18)24(30)28-21-8-2-4-17-7-3-13-26-22(17)21/h1-14H,(H,27,29)(H,28,30). The second kappa shape index (κ2) is 8.25. The van der Waals surface area contributed by atoms with Crippen LogP contribution in [-0.4, -0.2) is 16.8 Å². The first-order chi connectivity index (χ1) is 14.6. The zero-order valence-electron chi connectivity index (χ0n) is 15.8. The summed E-state index contributed by atoms with van der Waals surface area (Å²) in [5.41, 5.74) is 3.08. The summed E-state index contributed by atoms with van der Waals surface area (Å²) >= 11 is 0. The number of anilines is 2. The second-order valence-electron chi connectivity index (χ2n) is 6.56. The lowest BCUT2D eigenvalue weighted by Gasteiger charge is -2.09. The van der Waals surface area contributed by atoms with Crippen molar-refractivity contribution in [2.24, 2.45) is 0 Å². The van der Waals surface area contributed by atoms with Crippen molar-refractivity contribution >= 4 is 34.1 Å². The highest BCUT2D eigenvalue weighted by Gasteiger charge is 2.12. The highest BCUT2D eigenvalue weighted by molar-refractivity contribution is 6.10. The molecule has 0 aliphatic carbocycles. The van der Waals surface area contributed by atoms with Crippen molar-refractivity contribution in [1.29, 1.82) is 5.26 Å². The molecule has 0 unspecified atom stereocenters. The van der Waals surface area contributed by atoms with Crippen molar-refractivity contribution in [1.82, 2.24) is 4.98 Å². The van der Waals surface area contributed by atoms with Crippen molar-refractivity contribution in [3.05, 3.63) is 102 Å². The number of nitrogens with one attached hydrogen (secondary N) is 2. The van der Waals surface area contributed by atoms with Crippen LogP contribution in [0.1, 0.15) is 26.3 Å². The molecule has 0 saturated heterocycles. The van der Waals surface area contributed by atoms with Crippen molar-refractivity contribution in [2.75, 3.05) is 10.6 Å². The summed E-state index contributed by atoms with van der Waals surface area (Å²) in [6.45, 7) is 0. The lowest BCUT2D eigenvalue weighted by atomic mass is 10.1. The summed E-state index contributed by atoms with van der Waals surface area (Å²) in [6, 6.07) is 24.4. The van der Waals surface area contributed by atoms with E-state index in [4.69, 9.17) is 5.26 Å². The van der Waals surface area contributed by atoms with Crippen molar-refractivity contribution in [3.63, 3.8) is 0 Å². The van der Waals surface area contributed by atoms with E-state index >= 15 is 0 Å². The molecule has 30 heavy (non-hydrogen) atoms. The van der Waals surface area contributed by atoms with Crippen molar-refractivity contribution in [3.8, 4) is 6.07 Å². The van der Waals surface area contributed by atoms with Gasteiger partial charge in [0.15, 0.2) is 0 Å². The Morgan fingerprint density at radius 3 is 2.20 bits per heavy atom. The first-order valence-corrected chi connectivity index (χ1v) is 9.21. The number of nitrogens with zero attached hydrogens (tertiary/aromatic N) is 2. The predicted octanol–water partition coefficient (Wildman–Crippen LogP) is 4.61. The van der Waals surface area contributed by atoms with E-state index in [0.29, 0.717) is 33.6 Å². The largest absolute Gasteiger partial charge is 0.322 e. The van der Waals surface area contributed by atoms with Gasteiger partial charge < -0.3 is 10.6 Å². The van der Waals surface area contributed by atoms with Crippen LogP contribution in [0.3, 0.4) is 0 Å². The van der Waals surface area contributed by atoms with Gasteiger partial charge in [-0.1, -0.05) is 24.3 Å². The van der Waals surface area contributed by atoms with Gasteiger partial charge in [-0.2, -0.15) is 5.26 Å². The summed E-state index contributed by atoms with van der Waals surface area (Å²) in [5, 5.41) is 15.4. The maximum atomic E-state index is 12.8. The Labute approximate surface area is 172 Å². The minimum atomic E-state index is -0.346. The number of benzene rings is 3. The minimum absolute atomic E-state index is 0.332. The lowest BCUT2D eigenvalue weighted by molar-refractivity contribution is 0.102. The summed E-state index contributed by atoms with van der Waals surface area (Å²) in [4.78, 5) is 29.7. The lowest BCUT2D eigenvalue weighted by Crippen LogP contribution is -2.15. The molecule has 0 atom stereocenters. The molecule has 0 fully saturated rings. The maximum Gasteiger partial charge on any atom is 0.255 e. The molecule has 0 bridgehead atoms. The van der Waals surface area contributed by atoms with Gasteiger partial charge in [-0.25, -0.2) is 0 Å². The van der Waals surface area contributed by atoms with Gasteiger partial charge in [-0.3, -0.25) is 14.6 Å². The van der Waals surface area contributed by atoms with Crippen LogP contribution in [0.4, 0.5) is 11.4 Å². The second-order valence-corrected chi connectivity index (χ2v) is 6.56. The summed E-state index contributed by atoms with van der Waals surface area (Å²) in [5.74, 6) is -0.678. The Hall–Kier alpha value is -4.50. The average molecular weight is 392 g/mol. The SMILES string of the molecule is N#Cc1ccc(NC(=O)c2cccc(C(=O)Nc3cccc4cccnc34)c2)cc1. The molecule has 4 rings (SSSR count). The number of pyridine rings is 1. The smallest absolute Gasteiger partial charge is 0.255 e. The van der Waals surface area contributed by atoms with Crippen LogP contribution < -0.4 is 10.6 Å². The van der Waals surface area contributed by atoms with Gasteiger partial charge in [-0.05, 0) is 54.6 Å². The van der Waals surface area contributed by atoms with E-state index in [0.717, 1.165) is 5.39 Å². The first-order valence-electron chi connectivity index (χ1n) is 9.21. The predicted molar refractivity (Wildman–Crippen MR) is 115 cm³/mol. The van der Waals surface area contributed by atoms with Crippen LogP contribution in [0.5, 0.6) is 0 Å². The molecule has 6 heteroatoms. The van der Waals surface area contributed by atoms with Gasteiger partial charge in [0, 0.05) is 28.4 Å². The number of amides is 2. The van der Waals surface area contributed by atoms with Crippen LogP contribution >= 0.6 is 0 Å². The van der Waals surface area contributed by atoms with E-state index in [9.17, 15) is 9.59 Å². The molecule has 1 heterocycles. The zero-order chi connectivity index (χ0) is 20.9. The maximum absolute atomic E-state index is 12.8. The highest BCUT2D eigenvalue weighted by atomic mass is 16.2. The van der Waals surface area contributed by atoms with E-state index in [2.05, 4.69) is 15.6 Å². The number of nitriles is 1. The molecular weight excluding hydrogens is 376 g/mol. The normalized spacial score (nSPS) is 10.2. The Morgan fingerprint density at radius 1 is 0.800 bits per heavy atom. The summed E-state index contributed by atoms with van der Waals surface area (Å²) in [7, 11) is 0. The zero-order valence-corrected chi connectivity index (χ0v) is 15.8. The number of carbonyl (C=O) groups is 2. The number of aromatic nitrogens is 1. The van der Waals surface area contributed by atoms with Crippen LogP contribution in [-0.2, 0) is 0 Å². The molecular formula is C24H16N4O2. The van der Waals surface area contributed by atoms with E-state index < -0.39 is 0 Å². The Morgan fingerprint density at radius 2 is 1.47 bits per heavy atom. The van der Waals surface area contributed by atoms with Crippen LogP contribution in [0.2, 0.25) is 0 Å². The number of hydrogen-bond donors (Lipinski definition) is 2. The fourth-order valence-corrected chi connectivity index (χ4v) is 3.03. The molecule has 0 spiro atoms. The van der Waals surface area contributed by atoms with Gasteiger partial charge in [0.25, 0.3) is 11.8 Å². The van der Waals surface area contributed by atoms with Crippen molar-refractivity contribution in [2.45, 2.75) is 0 Å². The Balaban J connectivity index is 1.52. The van der Waals surface area contributed by atoms with E-state index in [1.165, 1.54) is 6.07 Å². The fourth-order valence-electron chi connectivity index (χ4n) is 3.03. The quantitative estimate of drug-likeness (QED) is 0.530. The number of para-hydroxylation sites is 1. The van der Waals surface area contributed by atoms with Crippen molar-refractivity contribution < 1.29 is 9.59 Å². The summed E-state index contributed by atoms with van der Waals surface area (Å²) < 4.78 is 0. The third kappa shape index (κ3) is 4.01. The molecule has 3 aromatic carbocycles. The molecule has 6 nitrogen and oxygen atoms in total. The number of rotatable bonds is 4. The summed E-state index contributed by atoms with van der Waals surface area (Å²) in [6.07, 6.45) is 1.67. The topological polar surface area (TPSA) is 94.9 Å². The van der Waals surface area contributed by atoms with Gasteiger partial charge in [0.2, 0.25) is 0 Å². The van der Waals surface area contributed by atoms with Gasteiger partial charge in [0.1, 0.15) is 0 Å². The van der Waals surface area contributed by atoms with E-state index in [-0.39, 0.29) is 11.8 Å². The van der Waals surface area contributed by atoms with Gasteiger partial charge >= 0.3 is 0 Å². The molecule has 0 saturated carbocycles. The van der Waals surface area contributed by atoms with Crippen LogP contribution in [0, 0.1) is 11.3 Å². The van der Waals surface area contributed by atoms with Crippen LogP contribution in [0.15, 0.2) is 85.1 Å². The number of fused-ring (bicyclic) bond motifs is 1. The third-order valence-corrected chi connectivity index (χ3v) is 4.54. The number of carbonyl (C=O) groups excluding carboxylic acids is 2. The average Bonchev–Trinajstić information content (AvgIpc) is 2.80. The number of hydrogen-bond acceptors (Lipinski definition) is 4. The molecule has 2 amide bonds. The van der Waals surface area contributed by atoms with Gasteiger partial charge in [-0.15, -0.1) is 0 Å². The molecule has 144 valence electrons. The van der Waals surface area contributed by atoms with E-state index in [1.54, 1.807) is 54.7 Å². The Bertz CT molecular complexity index is 1290.